The maximum absolute atomic E-state index is 12.8. The zero-order chi connectivity index (χ0) is 21.4. The van der Waals surface area contributed by atoms with Gasteiger partial charge in [0, 0.05) is 17.8 Å². The zero-order valence-electron chi connectivity index (χ0n) is 17.9. The summed E-state index contributed by atoms with van der Waals surface area (Å²) in [6, 6.07) is 1.92. The molecule has 1 aliphatic heterocycles. The third-order valence-electron chi connectivity index (χ3n) is 7.58. The van der Waals surface area contributed by atoms with Crippen molar-refractivity contribution >= 4 is 27.7 Å². The van der Waals surface area contributed by atoms with Crippen LogP contribution in [0.5, 0.6) is 0 Å². The average Bonchev–Trinajstić information content (AvgIpc) is 3.17. The van der Waals surface area contributed by atoms with Crippen LogP contribution in [0.25, 0.3) is 0 Å². The summed E-state index contributed by atoms with van der Waals surface area (Å²) >= 11 is 1.63. The van der Waals surface area contributed by atoms with Crippen LogP contribution >= 0.6 is 11.8 Å². The lowest BCUT2D eigenvalue weighted by molar-refractivity contribution is -0.132. The molecule has 0 aromatic heterocycles. The summed E-state index contributed by atoms with van der Waals surface area (Å²) in [5.74, 6) is 2.74. The molecule has 0 aromatic rings. The summed E-state index contributed by atoms with van der Waals surface area (Å²) < 4.78 is 27.7. The van der Waals surface area contributed by atoms with Crippen molar-refractivity contribution in [3.05, 3.63) is 0 Å². The predicted octanol–water partition coefficient (Wildman–Crippen LogP) is 2.06. The van der Waals surface area contributed by atoms with E-state index >= 15 is 0 Å². The summed E-state index contributed by atoms with van der Waals surface area (Å²) in [4.78, 5) is 14.4. The van der Waals surface area contributed by atoms with Crippen LogP contribution in [0.1, 0.15) is 58.3 Å². The molecule has 1 amide bonds. The Balaban J connectivity index is 1.40. The summed E-state index contributed by atoms with van der Waals surface area (Å²) in [5, 5.41) is 12.9. The summed E-state index contributed by atoms with van der Waals surface area (Å²) in [7, 11) is -3.22. The van der Waals surface area contributed by atoms with E-state index in [1.807, 2.05) is 6.92 Å². The SMILES string of the molecule is CCCCS(=O)(=O)NCC12CC3CC(C1)CC(NCC(=O)N1CSC[C@@H]1C#N)(C3)C2. The Morgan fingerprint density at radius 1 is 1.27 bits per heavy atom. The molecule has 1 saturated heterocycles. The van der Waals surface area contributed by atoms with E-state index in [9.17, 15) is 18.5 Å². The number of carbonyl (C=O) groups is 1. The minimum atomic E-state index is -3.22. The van der Waals surface area contributed by atoms with Crippen molar-refractivity contribution in [2.75, 3.05) is 30.5 Å². The van der Waals surface area contributed by atoms with Gasteiger partial charge in [-0.25, -0.2) is 13.1 Å². The van der Waals surface area contributed by atoms with Crippen molar-refractivity contribution in [2.45, 2.75) is 69.9 Å². The van der Waals surface area contributed by atoms with Crippen molar-refractivity contribution in [1.82, 2.24) is 14.9 Å². The fourth-order valence-electron chi connectivity index (χ4n) is 6.70. The normalized spacial score (nSPS) is 37.5. The predicted molar refractivity (Wildman–Crippen MR) is 118 cm³/mol. The van der Waals surface area contributed by atoms with E-state index in [2.05, 4.69) is 16.1 Å². The van der Waals surface area contributed by atoms with Gasteiger partial charge in [-0.15, -0.1) is 11.8 Å². The van der Waals surface area contributed by atoms with Gasteiger partial charge >= 0.3 is 0 Å². The Bertz CT molecular complexity index is 796. The molecule has 3 atom stereocenters. The fourth-order valence-corrected chi connectivity index (χ4v) is 9.14. The monoisotopic (exact) mass is 454 g/mol. The van der Waals surface area contributed by atoms with Crippen LogP contribution in [0.15, 0.2) is 0 Å². The molecule has 5 rings (SSSR count). The van der Waals surface area contributed by atoms with Crippen LogP contribution in [0, 0.1) is 28.6 Å². The third-order valence-corrected chi connectivity index (χ3v) is 10.0. The topological polar surface area (TPSA) is 102 Å². The maximum atomic E-state index is 12.8. The molecule has 2 N–H and O–H groups in total. The lowest BCUT2D eigenvalue weighted by atomic mass is 9.47. The molecule has 9 heteroatoms. The minimum absolute atomic E-state index is 0.0108. The second-order valence-electron chi connectivity index (χ2n) is 10.1. The molecule has 4 aliphatic carbocycles. The first-order valence-corrected chi connectivity index (χ1v) is 14.1. The molecule has 7 nitrogen and oxygen atoms in total. The van der Waals surface area contributed by atoms with Crippen molar-refractivity contribution in [3.63, 3.8) is 0 Å². The van der Waals surface area contributed by atoms with Gasteiger partial charge in [-0.05, 0) is 62.2 Å². The van der Waals surface area contributed by atoms with Crippen molar-refractivity contribution in [2.24, 2.45) is 17.3 Å². The smallest absolute Gasteiger partial charge is 0.238 e. The Hall–Kier alpha value is -0.820. The number of hydrogen-bond acceptors (Lipinski definition) is 6. The number of sulfonamides is 1. The van der Waals surface area contributed by atoms with E-state index in [-0.39, 0.29) is 35.2 Å². The standard InChI is InChI=1S/C21H34N4O3S2/c1-2-3-4-30(27,28)24-14-20-6-16-5-17(7-20)9-21(8-16,13-20)23-11-19(26)25-15-29-12-18(25)10-22/h16-18,23-24H,2-9,11-15H2,1H3/t16?,17?,18-,20?,21?/m0/s1. The van der Waals surface area contributed by atoms with E-state index in [4.69, 9.17) is 0 Å². The fraction of sp³-hybridized carbons (Fsp3) is 0.905. The van der Waals surface area contributed by atoms with Crippen LogP contribution < -0.4 is 10.0 Å². The number of rotatable bonds is 9. The third kappa shape index (κ3) is 4.67. The van der Waals surface area contributed by atoms with E-state index in [0.29, 0.717) is 36.4 Å². The lowest BCUT2D eigenvalue weighted by Gasteiger charge is -2.62. The number of amides is 1. The Kier molecular flexibility index (Phi) is 6.42. The largest absolute Gasteiger partial charge is 0.315 e. The van der Waals surface area contributed by atoms with Gasteiger partial charge in [0.25, 0.3) is 0 Å². The quantitative estimate of drug-likeness (QED) is 0.553. The van der Waals surface area contributed by atoms with Crippen LogP contribution in [0.3, 0.4) is 0 Å². The highest BCUT2D eigenvalue weighted by molar-refractivity contribution is 7.99. The molecule has 5 aliphatic rings. The Morgan fingerprint density at radius 2 is 2.00 bits per heavy atom. The second kappa shape index (κ2) is 8.61. The van der Waals surface area contributed by atoms with Gasteiger partial charge in [0.2, 0.25) is 15.9 Å². The van der Waals surface area contributed by atoms with Gasteiger partial charge in [-0.2, -0.15) is 5.26 Å². The van der Waals surface area contributed by atoms with Gasteiger partial charge in [-0.3, -0.25) is 4.79 Å². The number of unbranched alkanes of at least 4 members (excludes halogenated alkanes) is 1. The molecule has 4 bridgehead atoms. The molecule has 0 aromatic carbocycles. The molecular formula is C21H34N4O3S2. The van der Waals surface area contributed by atoms with Gasteiger partial charge in [-0.1, -0.05) is 13.3 Å². The van der Waals surface area contributed by atoms with Crippen molar-refractivity contribution in [1.29, 1.82) is 5.26 Å². The van der Waals surface area contributed by atoms with Gasteiger partial charge in [0.15, 0.2) is 0 Å². The Labute approximate surface area is 184 Å². The molecule has 1 heterocycles. The highest BCUT2D eigenvalue weighted by Crippen LogP contribution is 2.61. The van der Waals surface area contributed by atoms with Crippen LogP contribution in [0.4, 0.5) is 0 Å². The number of carbonyl (C=O) groups excluding carboxylic acids is 1. The van der Waals surface area contributed by atoms with E-state index < -0.39 is 10.0 Å². The van der Waals surface area contributed by atoms with Crippen molar-refractivity contribution in [3.8, 4) is 6.07 Å². The summed E-state index contributed by atoms with van der Waals surface area (Å²) in [6.07, 6.45) is 8.09. The number of hydrogen-bond donors (Lipinski definition) is 2. The van der Waals surface area contributed by atoms with Crippen LogP contribution in [-0.2, 0) is 14.8 Å². The van der Waals surface area contributed by atoms with Gasteiger partial charge < -0.3 is 10.2 Å². The molecule has 0 spiro atoms. The molecule has 2 unspecified atom stereocenters. The summed E-state index contributed by atoms with van der Waals surface area (Å²) in [6.45, 7) is 2.81. The molecular weight excluding hydrogens is 420 g/mol. The van der Waals surface area contributed by atoms with E-state index in [1.165, 1.54) is 6.42 Å². The second-order valence-corrected chi connectivity index (χ2v) is 13.0. The van der Waals surface area contributed by atoms with Crippen molar-refractivity contribution < 1.29 is 13.2 Å². The molecule has 0 radical (unpaired) electrons. The summed E-state index contributed by atoms with van der Waals surface area (Å²) in [5.41, 5.74) is -0.0539. The highest BCUT2D eigenvalue weighted by atomic mass is 32.2. The first kappa shape index (κ1) is 22.4. The highest BCUT2D eigenvalue weighted by Gasteiger charge is 2.57. The number of nitriles is 1. The minimum Gasteiger partial charge on any atom is -0.315 e. The van der Waals surface area contributed by atoms with Gasteiger partial charge in [0.1, 0.15) is 6.04 Å². The van der Waals surface area contributed by atoms with Crippen LogP contribution in [0.2, 0.25) is 0 Å². The lowest BCUT2D eigenvalue weighted by Crippen LogP contribution is -2.65. The number of thioether (sulfide) groups is 1. The van der Waals surface area contributed by atoms with E-state index in [0.717, 1.165) is 38.5 Å². The molecule has 168 valence electrons. The maximum Gasteiger partial charge on any atom is 0.238 e. The molecule has 30 heavy (non-hydrogen) atoms. The first-order valence-electron chi connectivity index (χ1n) is 11.3. The van der Waals surface area contributed by atoms with Crippen LogP contribution in [-0.4, -0.2) is 61.3 Å². The Morgan fingerprint density at radius 3 is 2.67 bits per heavy atom. The number of nitrogens with one attached hydrogen (secondary N) is 2. The van der Waals surface area contributed by atoms with E-state index in [1.54, 1.807) is 16.7 Å². The first-order chi connectivity index (χ1) is 14.3. The zero-order valence-corrected chi connectivity index (χ0v) is 19.5. The number of nitrogens with zero attached hydrogens (tertiary/aromatic N) is 2. The van der Waals surface area contributed by atoms with Gasteiger partial charge in [0.05, 0.1) is 24.2 Å². The average molecular weight is 455 g/mol. The molecule has 5 fully saturated rings. The molecule has 4 saturated carbocycles.